The normalized spacial score (nSPS) is 21.4. The Morgan fingerprint density at radius 1 is 1.40 bits per heavy atom. The summed E-state index contributed by atoms with van der Waals surface area (Å²) in [6.45, 7) is 4.81. The first kappa shape index (κ1) is 18.1. The maximum atomic E-state index is 6.26. The second kappa shape index (κ2) is 8.11. The van der Waals surface area contributed by atoms with Gasteiger partial charge in [0, 0.05) is 49.1 Å². The highest BCUT2D eigenvalue weighted by Gasteiger charge is 2.28. The van der Waals surface area contributed by atoms with Crippen molar-refractivity contribution in [3.8, 4) is 0 Å². The second-order valence-corrected chi connectivity index (χ2v) is 7.27. The molecule has 0 spiro atoms. The number of likely N-dealkylation sites (tertiary alicyclic amines) is 1. The molecule has 1 aliphatic rings. The third-order valence-corrected chi connectivity index (χ3v) is 5.38. The quantitative estimate of drug-likeness (QED) is 0.650. The highest BCUT2D eigenvalue weighted by molar-refractivity contribution is 6.35. The van der Waals surface area contributed by atoms with E-state index in [4.69, 9.17) is 23.2 Å². The number of hydrogen-bond acceptors (Lipinski definition) is 2. The van der Waals surface area contributed by atoms with E-state index in [0.29, 0.717) is 28.5 Å². The fourth-order valence-electron chi connectivity index (χ4n) is 3.27. The molecule has 1 aliphatic heterocycles. The number of imidazole rings is 1. The first-order chi connectivity index (χ1) is 12.1. The Morgan fingerprint density at radius 2 is 2.24 bits per heavy atom. The van der Waals surface area contributed by atoms with Crippen LogP contribution in [0.25, 0.3) is 0 Å². The summed E-state index contributed by atoms with van der Waals surface area (Å²) in [5.74, 6) is 1.50. The number of guanidine groups is 1. The van der Waals surface area contributed by atoms with Crippen LogP contribution in [0.4, 0.5) is 0 Å². The van der Waals surface area contributed by atoms with Gasteiger partial charge in [0.2, 0.25) is 0 Å². The van der Waals surface area contributed by atoms with Gasteiger partial charge in [0.15, 0.2) is 5.96 Å². The van der Waals surface area contributed by atoms with Crippen molar-refractivity contribution >= 4 is 29.2 Å². The fourth-order valence-corrected chi connectivity index (χ4v) is 3.74. The summed E-state index contributed by atoms with van der Waals surface area (Å²) < 4.78 is 2.19. The smallest absolute Gasteiger partial charge is 0.193 e. The molecular weight excluding hydrogens is 357 g/mol. The number of nitrogens with zero attached hydrogens (tertiary/aromatic N) is 4. The predicted molar refractivity (Wildman–Crippen MR) is 103 cm³/mol. The van der Waals surface area contributed by atoms with Crippen molar-refractivity contribution in [3.05, 3.63) is 52.5 Å². The summed E-state index contributed by atoms with van der Waals surface area (Å²) in [6, 6.07) is 5.96. The second-order valence-electron chi connectivity index (χ2n) is 6.43. The van der Waals surface area contributed by atoms with Gasteiger partial charge in [-0.25, -0.2) is 4.98 Å². The van der Waals surface area contributed by atoms with Gasteiger partial charge in [-0.1, -0.05) is 36.2 Å². The molecule has 2 heterocycles. The van der Waals surface area contributed by atoms with Gasteiger partial charge >= 0.3 is 0 Å². The summed E-state index contributed by atoms with van der Waals surface area (Å²) in [6.07, 6.45) is 6.88. The molecule has 0 radical (unpaired) electrons. The molecule has 1 fully saturated rings. The molecule has 1 aromatic carbocycles. The molecule has 0 aliphatic carbocycles. The highest BCUT2D eigenvalue weighted by atomic mass is 35.5. The number of hydrogen-bond donors (Lipinski definition) is 1. The van der Waals surface area contributed by atoms with Crippen molar-refractivity contribution < 1.29 is 0 Å². The number of rotatable bonds is 3. The van der Waals surface area contributed by atoms with E-state index in [2.05, 4.69) is 31.7 Å². The van der Waals surface area contributed by atoms with E-state index in [1.54, 1.807) is 6.07 Å². The van der Waals surface area contributed by atoms with E-state index in [1.165, 1.54) is 0 Å². The van der Waals surface area contributed by atoms with Gasteiger partial charge in [-0.2, -0.15) is 0 Å². The molecule has 2 aromatic rings. The van der Waals surface area contributed by atoms with Gasteiger partial charge in [-0.15, -0.1) is 0 Å². The molecule has 134 valence electrons. The number of benzene rings is 1. The zero-order valence-electron chi connectivity index (χ0n) is 14.5. The Balaban J connectivity index is 1.66. The minimum atomic E-state index is 0.397. The molecule has 0 amide bonds. The van der Waals surface area contributed by atoms with Gasteiger partial charge in [0.05, 0.1) is 12.4 Å². The summed E-state index contributed by atoms with van der Waals surface area (Å²) >= 11 is 12.2. The number of aromatic nitrogens is 2. The van der Waals surface area contributed by atoms with Crippen molar-refractivity contribution in [2.45, 2.75) is 25.9 Å². The third-order valence-electron chi connectivity index (χ3n) is 4.79. The molecule has 1 N–H and O–H groups in total. The van der Waals surface area contributed by atoms with Crippen molar-refractivity contribution in [2.24, 2.45) is 10.9 Å². The Labute approximate surface area is 158 Å². The maximum Gasteiger partial charge on any atom is 0.193 e. The predicted octanol–water partition coefficient (Wildman–Crippen LogP) is 3.85. The van der Waals surface area contributed by atoms with Crippen LogP contribution in [-0.4, -0.2) is 40.5 Å². The molecule has 3 rings (SSSR count). The standard InChI is InChI=1S/C18H23Cl2N5/c1-13-5-7-24(11-17(13)25-8-6-22-12-25)18(21-2)23-10-14-3-4-15(19)9-16(14)20/h3-4,6,8-9,12-13,17H,5,7,10-11H2,1-2H3,(H,21,23). The van der Waals surface area contributed by atoms with Crippen LogP contribution >= 0.6 is 23.2 Å². The highest BCUT2D eigenvalue weighted by Crippen LogP contribution is 2.27. The topological polar surface area (TPSA) is 45.5 Å². The van der Waals surface area contributed by atoms with E-state index in [1.807, 2.05) is 37.9 Å². The van der Waals surface area contributed by atoms with Crippen molar-refractivity contribution in [1.29, 1.82) is 0 Å². The van der Waals surface area contributed by atoms with Crippen molar-refractivity contribution in [3.63, 3.8) is 0 Å². The Bertz CT molecular complexity index is 729. The van der Waals surface area contributed by atoms with Crippen LogP contribution in [0.5, 0.6) is 0 Å². The molecule has 25 heavy (non-hydrogen) atoms. The van der Waals surface area contributed by atoms with E-state index in [0.717, 1.165) is 31.0 Å². The molecule has 7 heteroatoms. The summed E-state index contributed by atoms with van der Waals surface area (Å²) in [7, 11) is 1.82. The molecule has 2 unspecified atom stereocenters. The van der Waals surface area contributed by atoms with E-state index in [-0.39, 0.29) is 0 Å². The van der Waals surface area contributed by atoms with Crippen molar-refractivity contribution in [2.75, 3.05) is 20.1 Å². The first-order valence-electron chi connectivity index (χ1n) is 8.45. The van der Waals surface area contributed by atoms with E-state index >= 15 is 0 Å². The van der Waals surface area contributed by atoms with Gasteiger partial charge in [-0.05, 0) is 30.0 Å². The molecule has 0 saturated carbocycles. The van der Waals surface area contributed by atoms with Gasteiger partial charge in [0.25, 0.3) is 0 Å². The number of nitrogens with one attached hydrogen (secondary N) is 1. The average molecular weight is 380 g/mol. The Morgan fingerprint density at radius 3 is 2.92 bits per heavy atom. The monoisotopic (exact) mass is 379 g/mol. The summed E-state index contributed by atoms with van der Waals surface area (Å²) in [5, 5.41) is 4.73. The lowest BCUT2D eigenvalue weighted by Gasteiger charge is -2.39. The summed E-state index contributed by atoms with van der Waals surface area (Å²) in [4.78, 5) is 10.9. The molecule has 2 atom stereocenters. The minimum Gasteiger partial charge on any atom is -0.352 e. The zero-order chi connectivity index (χ0) is 17.8. The molecule has 1 aromatic heterocycles. The number of halogens is 2. The zero-order valence-corrected chi connectivity index (χ0v) is 16.0. The van der Waals surface area contributed by atoms with Crippen LogP contribution in [0.2, 0.25) is 10.0 Å². The van der Waals surface area contributed by atoms with Crippen LogP contribution in [0.15, 0.2) is 41.9 Å². The molecule has 1 saturated heterocycles. The third kappa shape index (κ3) is 4.28. The first-order valence-corrected chi connectivity index (χ1v) is 9.21. The Hall–Kier alpha value is -1.72. The Kier molecular flexibility index (Phi) is 5.86. The lowest BCUT2D eigenvalue weighted by Crippen LogP contribution is -2.48. The molecule has 0 bridgehead atoms. The van der Waals surface area contributed by atoms with Gasteiger partial charge in [0.1, 0.15) is 0 Å². The molecular formula is C18H23Cl2N5. The van der Waals surface area contributed by atoms with Crippen LogP contribution in [0.1, 0.15) is 24.9 Å². The van der Waals surface area contributed by atoms with E-state index < -0.39 is 0 Å². The maximum absolute atomic E-state index is 6.26. The van der Waals surface area contributed by atoms with Gasteiger partial charge < -0.3 is 14.8 Å². The molecule has 5 nitrogen and oxygen atoms in total. The number of piperidine rings is 1. The van der Waals surface area contributed by atoms with Crippen LogP contribution in [-0.2, 0) is 6.54 Å². The lowest BCUT2D eigenvalue weighted by atomic mass is 9.93. The number of aliphatic imine (C=N–C) groups is 1. The SMILES string of the molecule is CN=C(NCc1ccc(Cl)cc1Cl)N1CCC(C)C(n2ccnc2)C1. The average Bonchev–Trinajstić information content (AvgIpc) is 3.12. The van der Waals surface area contributed by atoms with Gasteiger partial charge in [-0.3, -0.25) is 4.99 Å². The van der Waals surface area contributed by atoms with Crippen LogP contribution < -0.4 is 5.32 Å². The van der Waals surface area contributed by atoms with Crippen LogP contribution in [0, 0.1) is 5.92 Å². The largest absolute Gasteiger partial charge is 0.352 e. The van der Waals surface area contributed by atoms with E-state index in [9.17, 15) is 0 Å². The lowest BCUT2D eigenvalue weighted by molar-refractivity contribution is 0.189. The van der Waals surface area contributed by atoms with Crippen molar-refractivity contribution in [1.82, 2.24) is 19.8 Å². The van der Waals surface area contributed by atoms with Crippen LogP contribution in [0.3, 0.4) is 0 Å². The fraction of sp³-hybridized carbons (Fsp3) is 0.444. The minimum absolute atomic E-state index is 0.397. The summed E-state index contributed by atoms with van der Waals surface area (Å²) in [5.41, 5.74) is 1.00.